The van der Waals surface area contributed by atoms with Gasteiger partial charge in [-0.3, -0.25) is 9.67 Å². The summed E-state index contributed by atoms with van der Waals surface area (Å²) >= 11 is 0. The molecular formula is C24H26F3N4Na. The third kappa shape index (κ3) is 4.56. The minimum atomic E-state index is -4.42. The van der Waals surface area contributed by atoms with Gasteiger partial charge in [-0.2, -0.15) is 18.3 Å². The van der Waals surface area contributed by atoms with Gasteiger partial charge in [-0.15, -0.1) is 0 Å². The number of fused-ring (bicyclic) bond motifs is 1. The Balaban J connectivity index is 0.00000289. The number of aromatic nitrogens is 2. The van der Waals surface area contributed by atoms with E-state index < -0.39 is 11.7 Å². The fourth-order valence-corrected chi connectivity index (χ4v) is 3.84. The molecule has 0 N–H and O–H groups in total. The number of alkyl halides is 3. The van der Waals surface area contributed by atoms with Crippen LogP contribution >= 0.6 is 0 Å². The summed E-state index contributed by atoms with van der Waals surface area (Å²) in [4.78, 5) is 9.49. The zero-order valence-corrected chi connectivity index (χ0v) is 18.2. The molecule has 1 aromatic carbocycles. The third-order valence-electron chi connectivity index (χ3n) is 5.50. The number of halogens is 3. The van der Waals surface area contributed by atoms with E-state index in [0.29, 0.717) is 23.7 Å². The summed E-state index contributed by atoms with van der Waals surface area (Å²) in [6.07, 6.45) is -0.930. The van der Waals surface area contributed by atoms with E-state index in [4.69, 9.17) is 15.1 Å². The number of rotatable bonds is 3. The average Bonchev–Trinajstić information content (AvgIpc) is 3.31. The van der Waals surface area contributed by atoms with Crippen molar-refractivity contribution in [1.82, 2.24) is 9.78 Å². The van der Waals surface area contributed by atoms with Crippen molar-refractivity contribution in [3.63, 3.8) is 0 Å². The summed E-state index contributed by atoms with van der Waals surface area (Å²) in [5.41, 5.74) is 3.18. The Morgan fingerprint density at radius 2 is 1.75 bits per heavy atom. The summed E-state index contributed by atoms with van der Waals surface area (Å²) in [6, 6.07) is 7.35. The van der Waals surface area contributed by atoms with Gasteiger partial charge in [0.15, 0.2) is 5.84 Å². The van der Waals surface area contributed by atoms with Crippen LogP contribution in [0.25, 0.3) is 5.57 Å². The van der Waals surface area contributed by atoms with E-state index in [0.717, 1.165) is 23.0 Å². The first-order valence-corrected chi connectivity index (χ1v) is 10.3. The number of hydrogen-bond donors (Lipinski definition) is 0. The Morgan fingerprint density at radius 1 is 1.06 bits per heavy atom. The second-order valence-electron chi connectivity index (χ2n) is 8.90. The quantitative estimate of drug-likeness (QED) is 0.594. The van der Waals surface area contributed by atoms with Crippen LogP contribution in [0.3, 0.4) is 0 Å². The molecule has 1 aromatic heterocycles. The molecule has 0 saturated heterocycles. The molecule has 0 amide bonds. The van der Waals surface area contributed by atoms with E-state index in [1.165, 1.54) is 12.1 Å². The molecule has 32 heavy (non-hydrogen) atoms. The van der Waals surface area contributed by atoms with Gasteiger partial charge in [-0.1, -0.05) is 45.0 Å². The van der Waals surface area contributed by atoms with Crippen LogP contribution in [0.4, 0.5) is 13.2 Å². The molecule has 0 fully saturated rings. The van der Waals surface area contributed by atoms with Crippen molar-refractivity contribution in [2.24, 2.45) is 9.98 Å². The van der Waals surface area contributed by atoms with Gasteiger partial charge in [0.1, 0.15) is 11.7 Å². The minimum absolute atomic E-state index is 0. The van der Waals surface area contributed by atoms with Crippen molar-refractivity contribution in [1.29, 1.82) is 0 Å². The van der Waals surface area contributed by atoms with Gasteiger partial charge in [0.25, 0.3) is 0 Å². The molecule has 0 saturated carbocycles. The van der Waals surface area contributed by atoms with Crippen molar-refractivity contribution in [3.05, 3.63) is 70.6 Å². The zero-order chi connectivity index (χ0) is 22.6. The van der Waals surface area contributed by atoms with E-state index in [-0.39, 0.29) is 46.6 Å². The molecule has 4 nitrogen and oxygen atoms in total. The van der Waals surface area contributed by atoms with Crippen LogP contribution in [-0.4, -0.2) is 56.9 Å². The van der Waals surface area contributed by atoms with Gasteiger partial charge in [0.2, 0.25) is 0 Å². The monoisotopic (exact) mass is 450 g/mol. The number of aliphatic imine (C=N–C) groups is 2. The molecule has 0 bridgehead atoms. The third-order valence-corrected chi connectivity index (χ3v) is 5.50. The molecule has 0 spiro atoms. The molecule has 2 aliphatic rings. The molecule has 1 aliphatic carbocycles. The topological polar surface area (TPSA) is 42.5 Å². The Labute approximate surface area is 208 Å². The zero-order valence-electron chi connectivity index (χ0n) is 18.2. The van der Waals surface area contributed by atoms with Crippen molar-refractivity contribution >= 4 is 46.7 Å². The maximum atomic E-state index is 13.5. The van der Waals surface area contributed by atoms with Gasteiger partial charge < -0.3 is 0 Å². The van der Waals surface area contributed by atoms with Gasteiger partial charge in [0, 0.05) is 12.0 Å². The number of nitrogens with zero attached hydrogens (tertiary/aromatic N) is 4. The first kappa shape index (κ1) is 24.7. The fourth-order valence-electron chi connectivity index (χ4n) is 3.84. The van der Waals surface area contributed by atoms with Crippen molar-refractivity contribution in [2.75, 3.05) is 0 Å². The number of benzene rings is 1. The Hall–Kier alpha value is -1.96. The molecule has 4 rings (SSSR count). The van der Waals surface area contributed by atoms with Gasteiger partial charge in [-0.25, -0.2) is 4.99 Å². The number of aryl methyl sites for hydroxylation is 1. The van der Waals surface area contributed by atoms with Crippen LogP contribution in [-0.2, 0) is 18.1 Å². The fraction of sp³-hybridized carbons (Fsp3) is 0.375. The Morgan fingerprint density at radius 3 is 2.38 bits per heavy atom. The molecule has 8 heteroatoms. The first-order chi connectivity index (χ1) is 14.5. The van der Waals surface area contributed by atoms with Crippen molar-refractivity contribution in [3.8, 4) is 0 Å². The van der Waals surface area contributed by atoms with Crippen LogP contribution < -0.4 is 0 Å². The van der Waals surface area contributed by atoms with Crippen LogP contribution in [0, 0.1) is 0 Å². The predicted octanol–water partition coefficient (Wildman–Crippen LogP) is 5.18. The summed E-state index contributed by atoms with van der Waals surface area (Å²) in [7, 11) is 0. The van der Waals surface area contributed by atoms with Gasteiger partial charge >= 0.3 is 35.7 Å². The molecule has 1 unspecified atom stereocenters. The van der Waals surface area contributed by atoms with E-state index >= 15 is 0 Å². The van der Waals surface area contributed by atoms with Crippen LogP contribution in [0.5, 0.6) is 0 Å². The molecule has 1 atom stereocenters. The molecule has 164 valence electrons. The summed E-state index contributed by atoms with van der Waals surface area (Å²) in [5, 5.41) is 4.69. The Kier molecular flexibility index (Phi) is 6.76. The van der Waals surface area contributed by atoms with Gasteiger partial charge in [-0.05, 0) is 48.8 Å². The number of amidine groups is 1. The van der Waals surface area contributed by atoms with E-state index in [1.54, 1.807) is 18.2 Å². The SMILES string of the molecule is CCn1nc(C(C)(C)C)cc1C1=NC2C(C)=CC(c3ccccc3C(F)(F)F)=CC2=N1.[NaH]. The maximum absolute atomic E-state index is 13.5. The molecule has 1 aliphatic heterocycles. The molecule has 0 radical (unpaired) electrons. The second kappa shape index (κ2) is 8.76. The van der Waals surface area contributed by atoms with Crippen molar-refractivity contribution in [2.45, 2.75) is 58.8 Å². The second-order valence-corrected chi connectivity index (χ2v) is 8.90. The molecular weight excluding hydrogens is 424 g/mol. The standard InChI is InChI=1S/C24H25F3N4.Na.H/c1-6-31-19(13-20(30-31)23(3,4)5)22-28-18-12-15(11-14(2)21(18)29-22)16-9-7-8-10-17(16)24(25,26)27;;/h7-13,21H,6H2,1-5H3;;. The van der Waals surface area contributed by atoms with E-state index in [2.05, 4.69) is 20.8 Å². The van der Waals surface area contributed by atoms with Crippen LogP contribution in [0.2, 0.25) is 0 Å². The summed E-state index contributed by atoms with van der Waals surface area (Å²) in [5.74, 6) is 0.569. The number of allylic oxidation sites excluding steroid dienone is 2. The van der Waals surface area contributed by atoms with Crippen LogP contribution in [0.15, 0.2) is 58.0 Å². The normalized spacial score (nSPS) is 18.3. The predicted molar refractivity (Wildman–Crippen MR) is 125 cm³/mol. The van der Waals surface area contributed by atoms with Crippen LogP contribution in [0.1, 0.15) is 57.1 Å². The first-order valence-electron chi connectivity index (χ1n) is 10.3. The van der Waals surface area contributed by atoms with Gasteiger partial charge in [0.05, 0.1) is 17.0 Å². The summed E-state index contributed by atoms with van der Waals surface area (Å²) in [6.45, 7) is 10.9. The molecule has 2 heterocycles. The van der Waals surface area contributed by atoms with E-state index in [1.807, 2.05) is 24.6 Å². The van der Waals surface area contributed by atoms with Crippen molar-refractivity contribution < 1.29 is 13.2 Å². The Bertz CT molecular complexity index is 1160. The number of hydrogen-bond acceptors (Lipinski definition) is 3. The molecule has 2 aromatic rings. The average molecular weight is 450 g/mol. The summed E-state index contributed by atoms with van der Waals surface area (Å²) < 4.78 is 42.4. The van der Waals surface area contributed by atoms with E-state index in [9.17, 15) is 13.2 Å².